The molecule has 0 aliphatic heterocycles. The summed E-state index contributed by atoms with van der Waals surface area (Å²) in [7, 11) is 0. The molecule has 0 saturated heterocycles. The van der Waals surface area contributed by atoms with Crippen molar-refractivity contribution in [3.63, 3.8) is 0 Å². The second kappa shape index (κ2) is 5.88. The molecular formula is C13H8BrFN2O4. The van der Waals surface area contributed by atoms with E-state index in [1.54, 1.807) is 0 Å². The van der Waals surface area contributed by atoms with Gasteiger partial charge in [0.25, 0.3) is 5.69 Å². The van der Waals surface area contributed by atoms with Gasteiger partial charge in [0.15, 0.2) is 0 Å². The minimum absolute atomic E-state index is 0.0644. The number of anilines is 2. The van der Waals surface area contributed by atoms with Gasteiger partial charge in [0, 0.05) is 16.6 Å². The number of halogens is 2. The summed E-state index contributed by atoms with van der Waals surface area (Å²) in [5, 5.41) is 22.1. The molecule has 2 rings (SSSR count). The Morgan fingerprint density at radius 2 is 1.90 bits per heavy atom. The minimum atomic E-state index is -1.23. The van der Waals surface area contributed by atoms with E-state index in [1.807, 2.05) is 0 Å². The highest BCUT2D eigenvalue weighted by atomic mass is 79.9. The molecule has 0 aromatic heterocycles. The summed E-state index contributed by atoms with van der Waals surface area (Å²) in [4.78, 5) is 20.8. The lowest BCUT2D eigenvalue weighted by Gasteiger charge is -2.10. The lowest BCUT2D eigenvalue weighted by molar-refractivity contribution is -0.384. The molecule has 0 radical (unpaired) electrons. The number of nitro benzene ring substituents is 1. The number of benzene rings is 2. The van der Waals surface area contributed by atoms with Crippen molar-refractivity contribution in [1.82, 2.24) is 0 Å². The van der Waals surface area contributed by atoms with Gasteiger partial charge in [-0.25, -0.2) is 9.18 Å². The first-order valence-electron chi connectivity index (χ1n) is 5.62. The van der Waals surface area contributed by atoms with Gasteiger partial charge >= 0.3 is 5.97 Å². The quantitative estimate of drug-likeness (QED) is 0.640. The monoisotopic (exact) mass is 354 g/mol. The average Bonchev–Trinajstić information content (AvgIpc) is 2.42. The zero-order chi connectivity index (χ0) is 15.6. The third-order valence-electron chi connectivity index (χ3n) is 2.65. The number of nitro groups is 1. The van der Waals surface area contributed by atoms with Crippen LogP contribution < -0.4 is 5.32 Å². The summed E-state index contributed by atoms with van der Waals surface area (Å²) in [6.45, 7) is 0. The predicted molar refractivity (Wildman–Crippen MR) is 77.4 cm³/mol. The molecule has 0 aliphatic carbocycles. The first-order valence-corrected chi connectivity index (χ1v) is 6.41. The Morgan fingerprint density at radius 3 is 2.43 bits per heavy atom. The maximum absolute atomic E-state index is 13.8. The third kappa shape index (κ3) is 3.34. The number of carboxylic acids is 1. The van der Waals surface area contributed by atoms with Crippen LogP contribution in [0.3, 0.4) is 0 Å². The summed E-state index contributed by atoms with van der Waals surface area (Å²) >= 11 is 3.15. The van der Waals surface area contributed by atoms with Crippen molar-refractivity contribution in [1.29, 1.82) is 0 Å². The maximum atomic E-state index is 13.8. The van der Waals surface area contributed by atoms with Gasteiger partial charge in [-0.1, -0.05) is 0 Å². The highest BCUT2D eigenvalue weighted by Crippen LogP contribution is 2.30. The Bertz CT molecular complexity index is 675. The summed E-state index contributed by atoms with van der Waals surface area (Å²) in [6.07, 6.45) is 0. The lowest BCUT2D eigenvalue weighted by atomic mass is 10.2. The van der Waals surface area contributed by atoms with Crippen LogP contribution in [0.1, 0.15) is 10.4 Å². The highest BCUT2D eigenvalue weighted by molar-refractivity contribution is 9.10. The van der Waals surface area contributed by atoms with Crippen molar-refractivity contribution < 1.29 is 19.2 Å². The van der Waals surface area contributed by atoms with E-state index in [0.717, 1.165) is 6.07 Å². The van der Waals surface area contributed by atoms with Crippen LogP contribution in [0.5, 0.6) is 0 Å². The Kier molecular flexibility index (Phi) is 4.18. The van der Waals surface area contributed by atoms with Gasteiger partial charge in [0.05, 0.1) is 21.9 Å². The van der Waals surface area contributed by atoms with Crippen molar-refractivity contribution in [3.8, 4) is 0 Å². The van der Waals surface area contributed by atoms with Crippen molar-refractivity contribution in [2.75, 3.05) is 5.32 Å². The normalized spacial score (nSPS) is 10.2. The number of carboxylic acid groups (broad SMARTS) is 1. The number of nitrogens with zero attached hydrogens (tertiary/aromatic N) is 1. The summed E-state index contributed by atoms with van der Waals surface area (Å²) in [6, 6.07) is 7.42. The fourth-order valence-corrected chi connectivity index (χ4v) is 2.08. The number of rotatable bonds is 4. The number of aromatic carboxylic acids is 1. The molecule has 0 fully saturated rings. The van der Waals surface area contributed by atoms with E-state index >= 15 is 0 Å². The Hall–Kier alpha value is -2.48. The van der Waals surface area contributed by atoms with Gasteiger partial charge in [-0.3, -0.25) is 10.1 Å². The van der Waals surface area contributed by atoms with Crippen molar-refractivity contribution in [2.24, 2.45) is 0 Å². The van der Waals surface area contributed by atoms with E-state index in [4.69, 9.17) is 5.11 Å². The van der Waals surface area contributed by atoms with Crippen molar-refractivity contribution in [3.05, 3.63) is 62.4 Å². The summed E-state index contributed by atoms with van der Waals surface area (Å²) in [5.41, 5.74) is 0.215. The molecule has 2 N–H and O–H groups in total. The molecule has 0 amide bonds. The van der Waals surface area contributed by atoms with Crippen LogP contribution in [0.15, 0.2) is 40.9 Å². The zero-order valence-corrected chi connectivity index (χ0v) is 11.9. The van der Waals surface area contributed by atoms with Gasteiger partial charge in [-0.2, -0.15) is 0 Å². The fraction of sp³-hybridized carbons (Fsp3) is 0. The summed E-state index contributed by atoms with van der Waals surface area (Å²) < 4.78 is 14.2. The van der Waals surface area contributed by atoms with Gasteiger partial charge in [-0.15, -0.1) is 0 Å². The predicted octanol–water partition coefficient (Wildman–Crippen LogP) is 3.94. The van der Waals surface area contributed by atoms with Crippen LogP contribution in [0.4, 0.5) is 21.5 Å². The molecule has 2 aromatic carbocycles. The molecule has 108 valence electrons. The number of hydrogen-bond acceptors (Lipinski definition) is 4. The highest BCUT2D eigenvalue weighted by Gasteiger charge is 2.12. The lowest BCUT2D eigenvalue weighted by Crippen LogP contribution is -2.00. The Labute approximate surface area is 126 Å². The number of carbonyl (C=O) groups is 1. The second-order valence-electron chi connectivity index (χ2n) is 4.05. The molecule has 0 atom stereocenters. The number of hydrogen-bond donors (Lipinski definition) is 2. The van der Waals surface area contributed by atoms with Crippen LogP contribution in [0, 0.1) is 15.9 Å². The maximum Gasteiger partial charge on any atom is 0.335 e. The van der Waals surface area contributed by atoms with Crippen LogP contribution in [0.2, 0.25) is 0 Å². The number of non-ortho nitro benzene ring substituents is 1. The van der Waals surface area contributed by atoms with E-state index < -0.39 is 16.7 Å². The Balaban J connectivity index is 2.30. The smallest absolute Gasteiger partial charge is 0.335 e. The first-order chi connectivity index (χ1) is 9.88. The molecule has 0 saturated carbocycles. The zero-order valence-electron chi connectivity index (χ0n) is 10.3. The van der Waals surface area contributed by atoms with E-state index in [1.165, 1.54) is 30.3 Å². The van der Waals surface area contributed by atoms with Gasteiger partial charge < -0.3 is 10.4 Å². The van der Waals surface area contributed by atoms with Crippen LogP contribution in [0.25, 0.3) is 0 Å². The van der Waals surface area contributed by atoms with E-state index in [9.17, 15) is 19.3 Å². The molecule has 0 unspecified atom stereocenters. The van der Waals surface area contributed by atoms with E-state index in [0.29, 0.717) is 10.2 Å². The molecule has 0 spiro atoms. The standard InChI is InChI=1S/C13H8BrFN2O4/c14-9-6-8(17(20)21)2-4-11(9)16-12-3-1-7(13(18)19)5-10(12)15/h1-6,16H,(H,18,19). The Morgan fingerprint density at radius 1 is 1.24 bits per heavy atom. The fourth-order valence-electron chi connectivity index (χ4n) is 1.61. The number of nitrogens with one attached hydrogen (secondary N) is 1. The largest absolute Gasteiger partial charge is 0.478 e. The molecule has 0 aliphatic rings. The minimum Gasteiger partial charge on any atom is -0.478 e. The molecule has 0 bridgehead atoms. The van der Waals surface area contributed by atoms with Gasteiger partial charge in [0.1, 0.15) is 5.82 Å². The summed E-state index contributed by atoms with van der Waals surface area (Å²) in [5.74, 6) is -1.96. The van der Waals surface area contributed by atoms with Gasteiger partial charge in [-0.05, 0) is 40.2 Å². The third-order valence-corrected chi connectivity index (χ3v) is 3.30. The molecular weight excluding hydrogens is 347 g/mol. The van der Waals surface area contributed by atoms with Crippen LogP contribution in [-0.4, -0.2) is 16.0 Å². The van der Waals surface area contributed by atoms with Crippen LogP contribution in [-0.2, 0) is 0 Å². The molecule has 8 heteroatoms. The van der Waals surface area contributed by atoms with Gasteiger partial charge in [0.2, 0.25) is 0 Å². The van der Waals surface area contributed by atoms with Crippen molar-refractivity contribution >= 4 is 39.0 Å². The second-order valence-corrected chi connectivity index (χ2v) is 4.90. The molecule has 0 heterocycles. The van der Waals surface area contributed by atoms with Crippen molar-refractivity contribution in [2.45, 2.75) is 0 Å². The molecule has 21 heavy (non-hydrogen) atoms. The average molecular weight is 355 g/mol. The topological polar surface area (TPSA) is 92.5 Å². The SMILES string of the molecule is O=C(O)c1ccc(Nc2ccc([N+](=O)[O-])cc2Br)c(F)c1. The van der Waals surface area contributed by atoms with E-state index in [2.05, 4.69) is 21.2 Å². The van der Waals surface area contributed by atoms with Crippen LogP contribution >= 0.6 is 15.9 Å². The van der Waals surface area contributed by atoms with E-state index in [-0.39, 0.29) is 16.9 Å². The molecule has 6 nitrogen and oxygen atoms in total. The first kappa shape index (κ1) is 14.9. The molecule has 2 aromatic rings.